The average molecular weight is 423 g/mol. The monoisotopic (exact) mass is 422 g/mol. The van der Waals surface area contributed by atoms with Gasteiger partial charge in [0.25, 0.3) is 12.4 Å². The van der Waals surface area contributed by atoms with E-state index >= 15 is 0 Å². The Morgan fingerprint density at radius 2 is 2.21 bits per heavy atom. The van der Waals surface area contributed by atoms with Crippen LogP contribution in [0.2, 0.25) is 5.02 Å². The number of hydrogen-bond donors (Lipinski definition) is 1. The number of carbonyl (C=O) groups excluding carboxylic acids is 1. The molecule has 0 bridgehead atoms. The molecule has 1 aromatic carbocycles. The van der Waals surface area contributed by atoms with E-state index < -0.39 is 24.0 Å². The van der Waals surface area contributed by atoms with Gasteiger partial charge in [-0.15, -0.1) is 0 Å². The summed E-state index contributed by atoms with van der Waals surface area (Å²) in [6, 6.07) is 4.30. The number of ketones is 1. The van der Waals surface area contributed by atoms with Crippen LogP contribution >= 0.6 is 11.6 Å². The van der Waals surface area contributed by atoms with Gasteiger partial charge in [-0.2, -0.15) is 0 Å². The zero-order chi connectivity index (χ0) is 20.8. The molecule has 0 spiro atoms. The van der Waals surface area contributed by atoms with Crippen molar-refractivity contribution in [1.82, 2.24) is 9.97 Å². The summed E-state index contributed by atoms with van der Waals surface area (Å²) >= 11 is 6.28. The van der Waals surface area contributed by atoms with E-state index in [9.17, 15) is 13.6 Å². The predicted molar refractivity (Wildman–Crippen MR) is 100 cm³/mol. The summed E-state index contributed by atoms with van der Waals surface area (Å²) in [5.74, 6) is -0.562. The number of amidine groups is 1. The van der Waals surface area contributed by atoms with Crippen molar-refractivity contribution in [2.24, 2.45) is 16.6 Å². The lowest BCUT2D eigenvalue weighted by Gasteiger charge is -2.33. The zero-order valence-corrected chi connectivity index (χ0v) is 16.1. The van der Waals surface area contributed by atoms with Crippen LogP contribution in [0.3, 0.4) is 0 Å². The van der Waals surface area contributed by atoms with Crippen molar-refractivity contribution < 1.29 is 23.0 Å². The fraction of sp³-hybridized carbons (Fsp3) is 0.368. The van der Waals surface area contributed by atoms with Crippen LogP contribution < -0.4 is 10.5 Å². The van der Waals surface area contributed by atoms with Crippen LogP contribution in [0.5, 0.6) is 5.88 Å². The Hall–Kier alpha value is -2.81. The van der Waals surface area contributed by atoms with Crippen LogP contribution in [0.4, 0.5) is 8.78 Å². The Morgan fingerprint density at radius 1 is 1.41 bits per heavy atom. The largest absolute Gasteiger partial charge is 0.480 e. The Bertz CT molecular complexity index is 986. The summed E-state index contributed by atoms with van der Waals surface area (Å²) in [6.45, 7) is 0. The van der Waals surface area contributed by atoms with Crippen LogP contribution in [0, 0.1) is 5.92 Å². The number of nitrogens with zero attached hydrogens (tertiary/aromatic N) is 3. The van der Waals surface area contributed by atoms with Crippen molar-refractivity contribution in [3.05, 3.63) is 52.4 Å². The van der Waals surface area contributed by atoms with Crippen molar-refractivity contribution in [1.29, 1.82) is 0 Å². The van der Waals surface area contributed by atoms with Gasteiger partial charge >= 0.3 is 0 Å². The van der Waals surface area contributed by atoms with E-state index in [2.05, 4.69) is 15.0 Å². The first kappa shape index (κ1) is 19.5. The van der Waals surface area contributed by atoms with Gasteiger partial charge in [0.2, 0.25) is 5.88 Å². The molecular weight excluding hydrogens is 406 g/mol. The minimum Gasteiger partial charge on any atom is -0.480 e. The van der Waals surface area contributed by atoms with Gasteiger partial charge in [-0.25, -0.2) is 23.7 Å². The van der Waals surface area contributed by atoms with E-state index in [0.717, 1.165) is 0 Å². The number of methoxy groups -OCH3 is 1. The molecule has 1 aliphatic heterocycles. The maximum absolute atomic E-state index is 14.2. The molecule has 0 saturated heterocycles. The maximum atomic E-state index is 14.2. The first-order valence-electron chi connectivity index (χ1n) is 8.83. The molecule has 2 heterocycles. The number of nitrogens with two attached hydrogens (primary N) is 1. The van der Waals surface area contributed by atoms with E-state index in [-0.39, 0.29) is 40.4 Å². The van der Waals surface area contributed by atoms with Gasteiger partial charge in [-0.1, -0.05) is 23.7 Å². The predicted octanol–water partition coefficient (Wildman–Crippen LogP) is 2.76. The van der Waals surface area contributed by atoms with Gasteiger partial charge in [0.15, 0.2) is 11.3 Å². The number of alkyl halides is 2. The molecule has 7 nitrogen and oxygen atoms in total. The molecule has 1 aromatic heterocycles. The quantitative estimate of drug-likeness (QED) is 0.718. The average Bonchev–Trinajstić information content (AvgIpc) is 3.48. The normalized spacial score (nSPS) is 25.1. The lowest BCUT2D eigenvalue weighted by molar-refractivity contribution is 0.0196. The van der Waals surface area contributed by atoms with Crippen LogP contribution in [0.25, 0.3) is 0 Å². The molecule has 2 aromatic rings. The first-order valence-corrected chi connectivity index (χ1v) is 9.21. The SMILES string of the molecule is COc1cnc(C(=O)Cc2ccc(Cl)c([C@@]3(C(F)F)N=C(N)O[C@@H]4C[C@@H]43)c2)cn1. The molecule has 29 heavy (non-hydrogen) atoms. The molecule has 3 atom stereocenters. The molecule has 1 saturated carbocycles. The van der Waals surface area contributed by atoms with E-state index in [0.29, 0.717) is 12.0 Å². The topological polar surface area (TPSA) is 99.7 Å². The van der Waals surface area contributed by atoms with E-state index in [1.54, 1.807) is 6.07 Å². The molecule has 0 unspecified atom stereocenters. The van der Waals surface area contributed by atoms with Gasteiger partial charge in [0.05, 0.1) is 19.5 Å². The number of benzene rings is 1. The minimum atomic E-state index is -2.84. The molecule has 4 rings (SSSR count). The van der Waals surface area contributed by atoms with Gasteiger partial charge in [0, 0.05) is 22.9 Å². The highest BCUT2D eigenvalue weighted by Crippen LogP contribution is 2.56. The molecule has 10 heteroatoms. The third-order valence-electron chi connectivity index (χ3n) is 5.15. The van der Waals surface area contributed by atoms with Crippen molar-refractivity contribution in [3.63, 3.8) is 0 Å². The van der Waals surface area contributed by atoms with Crippen LogP contribution in [0.1, 0.15) is 28.0 Å². The number of halogens is 3. The number of carbonyl (C=O) groups is 1. The van der Waals surface area contributed by atoms with Gasteiger partial charge in [-0.3, -0.25) is 4.79 Å². The third-order valence-corrected chi connectivity index (χ3v) is 5.48. The maximum Gasteiger partial charge on any atom is 0.283 e. The van der Waals surface area contributed by atoms with Gasteiger partial charge < -0.3 is 15.2 Å². The number of fused-ring (bicyclic) bond motifs is 1. The molecule has 152 valence electrons. The smallest absolute Gasteiger partial charge is 0.283 e. The summed E-state index contributed by atoms with van der Waals surface area (Å²) in [5.41, 5.74) is 4.54. The minimum absolute atomic E-state index is 0.0612. The number of Topliss-reactive ketones (excluding diaryl/α,β-unsaturated/α-hetero) is 1. The molecule has 0 amide bonds. The lowest BCUT2D eigenvalue weighted by Crippen LogP contribution is -2.43. The highest BCUT2D eigenvalue weighted by Gasteiger charge is 2.64. The Labute approximate surface area is 169 Å². The van der Waals surface area contributed by atoms with Crippen molar-refractivity contribution in [2.45, 2.75) is 30.9 Å². The van der Waals surface area contributed by atoms with E-state index in [1.165, 1.54) is 31.6 Å². The Kier molecular flexibility index (Phi) is 4.85. The Morgan fingerprint density at radius 3 is 2.86 bits per heavy atom. The fourth-order valence-electron chi connectivity index (χ4n) is 3.63. The second-order valence-electron chi connectivity index (χ2n) is 6.93. The fourth-order valence-corrected chi connectivity index (χ4v) is 3.90. The second kappa shape index (κ2) is 7.22. The number of aliphatic imine (C=N–C) groups is 1. The lowest BCUT2D eigenvalue weighted by atomic mass is 9.83. The van der Waals surface area contributed by atoms with E-state index in [4.69, 9.17) is 26.8 Å². The summed E-state index contributed by atoms with van der Waals surface area (Å²) < 4.78 is 38.7. The zero-order valence-electron chi connectivity index (χ0n) is 15.3. The molecule has 1 aliphatic carbocycles. The van der Waals surface area contributed by atoms with Crippen molar-refractivity contribution >= 4 is 23.4 Å². The first-order chi connectivity index (χ1) is 13.8. The molecule has 2 aliphatic rings. The summed E-state index contributed by atoms with van der Waals surface area (Å²) in [4.78, 5) is 24.5. The Balaban J connectivity index is 1.67. The highest BCUT2D eigenvalue weighted by atomic mass is 35.5. The van der Waals surface area contributed by atoms with Gasteiger partial charge in [0.1, 0.15) is 11.8 Å². The van der Waals surface area contributed by atoms with Crippen LogP contribution in [-0.2, 0) is 16.7 Å². The standard InChI is InChI=1S/C19H17ClF2N4O3/c1-28-16-8-24-13(7-25-16)14(27)5-9-2-3-12(20)10(4-9)19(17(21)22)11-6-15(11)29-18(23)26-19/h2-4,7-8,11,15,17H,5-6H2,1H3,(H2,23,26)/t11-,15+,19+/m0/s1. The van der Waals surface area contributed by atoms with E-state index in [1.807, 2.05) is 0 Å². The number of ether oxygens (including phenoxy) is 2. The summed E-state index contributed by atoms with van der Waals surface area (Å²) in [5, 5.41) is 0.134. The summed E-state index contributed by atoms with van der Waals surface area (Å²) in [7, 11) is 1.44. The second-order valence-corrected chi connectivity index (χ2v) is 7.34. The van der Waals surface area contributed by atoms with Crippen LogP contribution in [0.15, 0.2) is 35.6 Å². The van der Waals surface area contributed by atoms with Crippen molar-refractivity contribution in [2.75, 3.05) is 7.11 Å². The van der Waals surface area contributed by atoms with Gasteiger partial charge in [-0.05, 0) is 18.1 Å². The van der Waals surface area contributed by atoms with Crippen molar-refractivity contribution in [3.8, 4) is 5.88 Å². The third kappa shape index (κ3) is 3.39. The summed E-state index contributed by atoms with van der Waals surface area (Å²) in [6.07, 6.45) is -0.256. The number of rotatable bonds is 6. The highest BCUT2D eigenvalue weighted by molar-refractivity contribution is 6.31. The molecular formula is C19H17ClF2N4O3. The molecule has 2 N–H and O–H groups in total. The number of hydrogen-bond acceptors (Lipinski definition) is 7. The van der Waals surface area contributed by atoms with Crippen LogP contribution in [-0.4, -0.2) is 41.4 Å². The number of aromatic nitrogens is 2. The molecule has 1 fully saturated rings. The molecule has 0 radical (unpaired) electrons.